The summed E-state index contributed by atoms with van der Waals surface area (Å²) >= 11 is 6.17. The fraction of sp³-hybridized carbons (Fsp3) is 0.0667. The molecule has 0 amide bonds. The molecule has 0 aliphatic heterocycles. The first-order valence-electron chi connectivity index (χ1n) is 5.30. The average molecular weight is 242 g/mol. The van der Waals surface area contributed by atoms with Gasteiger partial charge in [0, 0.05) is 16.8 Å². The van der Waals surface area contributed by atoms with Gasteiger partial charge >= 0.3 is 0 Å². The molecular formula is C15H12ClN. The number of anilines is 1. The van der Waals surface area contributed by atoms with Gasteiger partial charge in [-0.05, 0) is 30.7 Å². The molecule has 0 fully saturated rings. The molecule has 17 heavy (non-hydrogen) atoms. The van der Waals surface area contributed by atoms with Gasteiger partial charge in [0.25, 0.3) is 0 Å². The summed E-state index contributed by atoms with van der Waals surface area (Å²) in [5, 5.41) is 0.703. The molecule has 1 nitrogen and oxygen atoms in total. The van der Waals surface area contributed by atoms with Crippen LogP contribution in [0.1, 0.15) is 16.7 Å². The smallest absolute Gasteiger partial charge is 0.0591 e. The number of rotatable bonds is 0. The fourth-order valence-electron chi connectivity index (χ4n) is 1.49. The lowest BCUT2D eigenvalue weighted by atomic mass is 10.1. The maximum atomic E-state index is 6.17. The zero-order valence-corrected chi connectivity index (χ0v) is 10.3. The Hall–Kier alpha value is -1.91. The molecule has 0 aromatic heterocycles. The van der Waals surface area contributed by atoms with Crippen LogP contribution in [0.15, 0.2) is 42.5 Å². The molecule has 2 heteroatoms. The Kier molecular flexibility index (Phi) is 3.37. The highest BCUT2D eigenvalue weighted by atomic mass is 35.5. The molecule has 0 heterocycles. The van der Waals surface area contributed by atoms with Gasteiger partial charge in [-0.3, -0.25) is 0 Å². The van der Waals surface area contributed by atoms with Crippen molar-refractivity contribution in [2.75, 3.05) is 5.73 Å². The number of hydrogen-bond acceptors (Lipinski definition) is 1. The maximum Gasteiger partial charge on any atom is 0.0591 e. The quantitative estimate of drug-likeness (QED) is 0.553. The van der Waals surface area contributed by atoms with E-state index in [4.69, 9.17) is 17.3 Å². The lowest BCUT2D eigenvalue weighted by Gasteiger charge is -1.99. The molecule has 0 radical (unpaired) electrons. The first-order valence-corrected chi connectivity index (χ1v) is 5.68. The van der Waals surface area contributed by atoms with Crippen LogP contribution in [-0.2, 0) is 0 Å². The third-order valence-electron chi connectivity index (χ3n) is 2.48. The SMILES string of the molecule is Cc1cccc(C#Cc2ccccc2N)c1Cl. The lowest BCUT2D eigenvalue weighted by molar-refractivity contribution is 1.45. The highest BCUT2D eigenvalue weighted by Gasteiger charge is 1.99. The van der Waals surface area contributed by atoms with Crippen molar-refractivity contribution < 1.29 is 0 Å². The molecule has 0 aliphatic rings. The number of nitrogen functional groups attached to an aromatic ring is 1. The van der Waals surface area contributed by atoms with E-state index in [-0.39, 0.29) is 0 Å². The molecule has 0 saturated carbocycles. The summed E-state index contributed by atoms with van der Waals surface area (Å²) in [6.07, 6.45) is 0. The third kappa shape index (κ3) is 2.61. The Morgan fingerprint density at radius 2 is 1.59 bits per heavy atom. The van der Waals surface area contributed by atoms with Crippen LogP contribution in [0.4, 0.5) is 5.69 Å². The van der Waals surface area contributed by atoms with Crippen molar-refractivity contribution in [1.29, 1.82) is 0 Å². The van der Waals surface area contributed by atoms with Crippen molar-refractivity contribution in [3.05, 3.63) is 64.2 Å². The summed E-state index contributed by atoms with van der Waals surface area (Å²) in [6, 6.07) is 13.3. The van der Waals surface area contributed by atoms with Gasteiger partial charge in [-0.1, -0.05) is 47.7 Å². The zero-order valence-electron chi connectivity index (χ0n) is 9.50. The van der Waals surface area contributed by atoms with Crippen molar-refractivity contribution in [1.82, 2.24) is 0 Å². The van der Waals surface area contributed by atoms with Gasteiger partial charge in [0.2, 0.25) is 0 Å². The topological polar surface area (TPSA) is 26.0 Å². The van der Waals surface area contributed by atoms with Gasteiger partial charge in [0.05, 0.1) is 5.02 Å². The molecule has 2 rings (SSSR count). The van der Waals surface area contributed by atoms with Crippen LogP contribution in [0.2, 0.25) is 5.02 Å². The Labute approximate surface area is 106 Å². The Balaban J connectivity index is 2.40. The molecular weight excluding hydrogens is 230 g/mol. The zero-order chi connectivity index (χ0) is 12.3. The van der Waals surface area contributed by atoms with Crippen LogP contribution in [0.3, 0.4) is 0 Å². The highest BCUT2D eigenvalue weighted by Crippen LogP contribution is 2.19. The summed E-state index contributed by atoms with van der Waals surface area (Å²) in [5.41, 5.74) is 9.18. The summed E-state index contributed by atoms with van der Waals surface area (Å²) in [6.45, 7) is 1.96. The van der Waals surface area contributed by atoms with Crippen molar-refractivity contribution in [3.8, 4) is 11.8 Å². The van der Waals surface area contributed by atoms with Crippen molar-refractivity contribution in [3.63, 3.8) is 0 Å². The first-order chi connectivity index (χ1) is 8.18. The summed E-state index contributed by atoms with van der Waals surface area (Å²) in [5.74, 6) is 6.09. The number of hydrogen-bond donors (Lipinski definition) is 1. The van der Waals surface area contributed by atoms with E-state index in [1.807, 2.05) is 49.4 Å². The number of para-hydroxylation sites is 1. The molecule has 0 spiro atoms. The summed E-state index contributed by atoms with van der Waals surface area (Å²) in [7, 11) is 0. The van der Waals surface area contributed by atoms with Crippen LogP contribution < -0.4 is 5.73 Å². The summed E-state index contributed by atoms with van der Waals surface area (Å²) < 4.78 is 0. The minimum absolute atomic E-state index is 0.684. The van der Waals surface area contributed by atoms with Gasteiger partial charge < -0.3 is 5.73 Å². The Morgan fingerprint density at radius 1 is 0.941 bits per heavy atom. The Morgan fingerprint density at radius 3 is 2.35 bits per heavy atom. The number of halogens is 1. The highest BCUT2D eigenvalue weighted by molar-refractivity contribution is 6.32. The molecule has 0 saturated heterocycles. The molecule has 0 unspecified atom stereocenters. The van der Waals surface area contributed by atoms with E-state index >= 15 is 0 Å². The molecule has 0 atom stereocenters. The average Bonchev–Trinajstić information content (AvgIpc) is 2.33. The molecule has 0 aliphatic carbocycles. The molecule has 2 aromatic rings. The fourth-order valence-corrected chi connectivity index (χ4v) is 1.66. The van der Waals surface area contributed by atoms with Crippen molar-refractivity contribution in [2.45, 2.75) is 6.92 Å². The van der Waals surface area contributed by atoms with Gasteiger partial charge in [0.15, 0.2) is 0 Å². The van der Waals surface area contributed by atoms with E-state index < -0.39 is 0 Å². The number of nitrogens with two attached hydrogens (primary N) is 1. The predicted molar refractivity (Wildman–Crippen MR) is 73.0 cm³/mol. The van der Waals surface area contributed by atoms with E-state index in [0.717, 1.165) is 16.7 Å². The normalized spacial score (nSPS) is 9.53. The molecule has 0 bridgehead atoms. The van der Waals surface area contributed by atoms with Crippen LogP contribution in [0.25, 0.3) is 0 Å². The van der Waals surface area contributed by atoms with Gasteiger partial charge in [0.1, 0.15) is 0 Å². The minimum Gasteiger partial charge on any atom is -0.398 e. The monoisotopic (exact) mass is 241 g/mol. The second kappa shape index (κ2) is 4.95. The third-order valence-corrected chi connectivity index (χ3v) is 2.99. The second-order valence-corrected chi connectivity index (χ2v) is 4.15. The second-order valence-electron chi connectivity index (χ2n) is 3.77. The first kappa shape index (κ1) is 11.6. The van der Waals surface area contributed by atoms with Gasteiger partial charge in [-0.25, -0.2) is 0 Å². The van der Waals surface area contributed by atoms with E-state index in [9.17, 15) is 0 Å². The Bertz CT molecular complexity index is 606. The van der Waals surface area contributed by atoms with Crippen LogP contribution in [0.5, 0.6) is 0 Å². The van der Waals surface area contributed by atoms with E-state index in [2.05, 4.69) is 11.8 Å². The number of aryl methyl sites for hydroxylation is 1. The predicted octanol–water partition coefficient (Wildman–Crippen LogP) is 3.63. The van der Waals surface area contributed by atoms with E-state index in [0.29, 0.717) is 10.7 Å². The van der Waals surface area contributed by atoms with Crippen LogP contribution >= 0.6 is 11.6 Å². The van der Waals surface area contributed by atoms with Crippen LogP contribution in [-0.4, -0.2) is 0 Å². The van der Waals surface area contributed by atoms with E-state index in [1.165, 1.54) is 0 Å². The number of benzene rings is 2. The lowest BCUT2D eigenvalue weighted by Crippen LogP contribution is -1.88. The van der Waals surface area contributed by atoms with Crippen molar-refractivity contribution in [2.24, 2.45) is 0 Å². The van der Waals surface area contributed by atoms with Gasteiger partial charge in [-0.15, -0.1) is 0 Å². The minimum atomic E-state index is 0.684. The largest absolute Gasteiger partial charge is 0.398 e. The summed E-state index contributed by atoms with van der Waals surface area (Å²) in [4.78, 5) is 0. The van der Waals surface area contributed by atoms with Gasteiger partial charge in [-0.2, -0.15) is 0 Å². The molecule has 2 aromatic carbocycles. The standard InChI is InChI=1S/C15H12ClN/c1-11-5-4-7-13(15(11)16)10-9-12-6-2-3-8-14(12)17/h2-8H,17H2,1H3. The van der Waals surface area contributed by atoms with E-state index in [1.54, 1.807) is 0 Å². The van der Waals surface area contributed by atoms with Crippen LogP contribution in [0, 0.1) is 18.8 Å². The van der Waals surface area contributed by atoms with Crippen molar-refractivity contribution >= 4 is 17.3 Å². The molecule has 84 valence electrons. The maximum absolute atomic E-state index is 6.17. The molecule has 2 N–H and O–H groups in total.